The zero-order valence-electron chi connectivity index (χ0n) is 5.74. The number of allylic oxidation sites excluding steroid dienone is 1. The van der Waals surface area contributed by atoms with Gasteiger partial charge in [0.2, 0.25) is 0 Å². The molecule has 0 amide bonds. The Bertz CT molecular complexity index is 134. The van der Waals surface area contributed by atoms with E-state index >= 15 is 0 Å². The Kier molecular flexibility index (Phi) is 2.04. The number of halogens is 2. The maximum Gasteiger partial charge on any atom is 0.264 e. The molecule has 0 aromatic heterocycles. The first kappa shape index (κ1) is 7.66. The fourth-order valence-electron chi connectivity index (χ4n) is 1.16. The van der Waals surface area contributed by atoms with Crippen molar-refractivity contribution >= 4 is 0 Å². The molecule has 1 aliphatic heterocycles. The van der Waals surface area contributed by atoms with Gasteiger partial charge in [-0.2, -0.15) is 0 Å². The normalized spacial score (nSPS) is 30.4. The molecule has 0 aliphatic carbocycles. The Morgan fingerprint density at radius 2 is 2.40 bits per heavy atom. The zero-order chi connectivity index (χ0) is 7.61. The fourth-order valence-corrected chi connectivity index (χ4v) is 1.16. The van der Waals surface area contributed by atoms with Gasteiger partial charge in [-0.05, 0) is 6.42 Å². The van der Waals surface area contributed by atoms with Gasteiger partial charge < -0.3 is 5.32 Å². The van der Waals surface area contributed by atoms with Gasteiger partial charge in [0.25, 0.3) is 5.92 Å². The lowest BCUT2D eigenvalue weighted by atomic mass is 10.0. The zero-order valence-corrected chi connectivity index (χ0v) is 5.74. The molecule has 0 spiro atoms. The lowest BCUT2D eigenvalue weighted by Crippen LogP contribution is -2.26. The van der Waals surface area contributed by atoms with Crippen molar-refractivity contribution in [3.05, 3.63) is 12.7 Å². The van der Waals surface area contributed by atoms with Crippen molar-refractivity contribution in [2.75, 3.05) is 13.1 Å². The van der Waals surface area contributed by atoms with E-state index in [4.69, 9.17) is 0 Å². The van der Waals surface area contributed by atoms with Gasteiger partial charge in [0.05, 0.1) is 6.54 Å². The highest BCUT2D eigenvalue weighted by Crippen LogP contribution is 2.30. The summed E-state index contributed by atoms with van der Waals surface area (Å²) < 4.78 is 25.4. The molecule has 1 aliphatic rings. The third-order valence-electron chi connectivity index (χ3n) is 1.80. The summed E-state index contributed by atoms with van der Waals surface area (Å²) in [6.07, 6.45) is 1.95. The van der Waals surface area contributed by atoms with Crippen LogP contribution in [-0.4, -0.2) is 19.0 Å². The van der Waals surface area contributed by atoms with E-state index in [1.807, 2.05) is 0 Å². The van der Waals surface area contributed by atoms with Crippen LogP contribution in [0.1, 0.15) is 6.42 Å². The van der Waals surface area contributed by atoms with Crippen LogP contribution < -0.4 is 5.32 Å². The summed E-state index contributed by atoms with van der Waals surface area (Å²) in [6, 6.07) is 0. The van der Waals surface area contributed by atoms with Crippen LogP contribution in [0.15, 0.2) is 12.7 Å². The first-order valence-corrected chi connectivity index (χ1v) is 3.36. The van der Waals surface area contributed by atoms with Gasteiger partial charge in [-0.25, -0.2) is 8.78 Å². The highest BCUT2D eigenvalue weighted by atomic mass is 19.3. The van der Waals surface area contributed by atoms with Crippen molar-refractivity contribution in [3.8, 4) is 0 Å². The van der Waals surface area contributed by atoms with Crippen LogP contribution in [0.25, 0.3) is 0 Å². The molecule has 1 saturated heterocycles. The van der Waals surface area contributed by atoms with E-state index in [1.54, 1.807) is 6.08 Å². The molecule has 3 heteroatoms. The number of alkyl halides is 2. The van der Waals surface area contributed by atoms with Crippen molar-refractivity contribution in [2.24, 2.45) is 5.92 Å². The maximum atomic E-state index is 12.7. The van der Waals surface area contributed by atoms with Gasteiger partial charge >= 0.3 is 0 Å². The summed E-state index contributed by atoms with van der Waals surface area (Å²) in [6.45, 7) is 3.67. The van der Waals surface area contributed by atoms with Crippen LogP contribution in [0.3, 0.4) is 0 Å². The van der Waals surface area contributed by atoms with Gasteiger partial charge in [0.15, 0.2) is 0 Å². The molecule has 1 N–H and O–H groups in total. The van der Waals surface area contributed by atoms with Gasteiger partial charge in [-0.3, -0.25) is 0 Å². The second kappa shape index (κ2) is 2.66. The quantitative estimate of drug-likeness (QED) is 0.582. The van der Waals surface area contributed by atoms with E-state index in [0.29, 0.717) is 13.0 Å². The molecular weight excluding hydrogens is 136 g/mol. The highest BCUT2D eigenvalue weighted by Gasteiger charge is 2.42. The number of nitrogens with one attached hydrogen (secondary N) is 1. The van der Waals surface area contributed by atoms with Crippen molar-refractivity contribution in [3.63, 3.8) is 0 Å². The molecule has 0 bridgehead atoms. The van der Waals surface area contributed by atoms with Crippen molar-refractivity contribution < 1.29 is 8.78 Å². The van der Waals surface area contributed by atoms with Gasteiger partial charge in [0.1, 0.15) is 0 Å². The van der Waals surface area contributed by atoms with Crippen molar-refractivity contribution in [1.82, 2.24) is 5.32 Å². The van der Waals surface area contributed by atoms with E-state index in [-0.39, 0.29) is 6.54 Å². The molecule has 1 heterocycles. The van der Waals surface area contributed by atoms with Crippen LogP contribution in [0.5, 0.6) is 0 Å². The van der Waals surface area contributed by atoms with E-state index in [1.165, 1.54) is 0 Å². The Hall–Kier alpha value is -0.440. The summed E-state index contributed by atoms with van der Waals surface area (Å²) in [5.41, 5.74) is 0. The minimum Gasteiger partial charge on any atom is -0.311 e. The average Bonchev–Trinajstić information content (AvgIpc) is 2.13. The summed E-state index contributed by atoms with van der Waals surface area (Å²) in [5, 5.41) is 2.65. The highest BCUT2D eigenvalue weighted by molar-refractivity contribution is 4.91. The Morgan fingerprint density at radius 1 is 1.70 bits per heavy atom. The molecule has 1 unspecified atom stereocenters. The first-order valence-electron chi connectivity index (χ1n) is 3.36. The Labute approximate surface area is 59.1 Å². The molecule has 1 nitrogen and oxygen atoms in total. The Morgan fingerprint density at radius 3 is 2.80 bits per heavy atom. The molecular formula is C7H11F2N. The standard InChI is InChI=1S/C7H11F2N/c1-2-3-6-4-10-5-7(6,8)9/h2,6,10H,1,3-5H2. The number of rotatable bonds is 2. The van der Waals surface area contributed by atoms with Gasteiger partial charge in [-0.1, -0.05) is 6.08 Å². The van der Waals surface area contributed by atoms with E-state index in [9.17, 15) is 8.78 Å². The predicted molar refractivity (Wildman–Crippen MR) is 36.1 cm³/mol. The summed E-state index contributed by atoms with van der Waals surface area (Å²) in [7, 11) is 0. The van der Waals surface area contributed by atoms with E-state index < -0.39 is 11.8 Å². The molecule has 0 aromatic carbocycles. The Balaban J connectivity index is 2.50. The van der Waals surface area contributed by atoms with Crippen molar-refractivity contribution in [2.45, 2.75) is 12.3 Å². The van der Waals surface area contributed by atoms with Crippen LogP contribution in [-0.2, 0) is 0 Å². The first-order chi connectivity index (χ1) is 4.67. The summed E-state index contributed by atoms with van der Waals surface area (Å²) in [5.74, 6) is -3.06. The lowest BCUT2D eigenvalue weighted by molar-refractivity contribution is -0.0203. The molecule has 0 radical (unpaired) electrons. The van der Waals surface area contributed by atoms with Crippen LogP contribution >= 0.6 is 0 Å². The smallest absolute Gasteiger partial charge is 0.264 e. The van der Waals surface area contributed by atoms with Gasteiger partial charge in [-0.15, -0.1) is 6.58 Å². The second-order valence-corrected chi connectivity index (χ2v) is 2.61. The fraction of sp³-hybridized carbons (Fsp3) is 0.714. The molecule has 1 fully saturated rings. The maximum absolute atomic E-state index is 12.7. The lowest BCUT2D eigenvalue weighted by Gasteiger charge is -2.14. The second-order valence-electron chi connectivity index (χ2n) is 2.61. The predicted octanol–water partition coefficient (Wildman–Crippen LogP) is 1.42. The average molecular weight is 147 g/mol. The minimum absolute atomic E-state index is 0.175. The van der Waals surface area contributed by atoms with Crippen LogP contribution in [0, 0.1) is 5.92 Å². The van der Waals surface area contributed by atoms with E-state index in [0.717, 1.165) is 0 Å². The van der Waals surface area contributed by atoms with Crippen molar-refractivity contribution in [1.29, 1.82) is 0 Å². The third-order valence-corrected chi connectivity index (χ3v) is 1.80. The van der Waals surface area contributed by atoms with Crippen LogP contribution in [0.4, 0.5) is 8.78 Å². The molecule has 1 rings (SSSR count). The minimum atomic E-state index is -2.52. The number of hydrogen-bond acceptors (Lipinski definition) is 1. The molecule has 10 heavy (non-hydrogen) atoms. The van der Waals surface area contributed by atoms with Gasteiger partial charge in [0, 0.05) is 12.5 Å². The molecule has 0 aromatic rings. The molecule has 58 valence electrons. The summed E-state index contributed by atoms with van der Waals surface area (Å²) in [4.78, 5) is 0. The molecule has 0 saturated carbocycles. The largest absolute Gasteiger partial charge is 0.311 e. The third kappa shape index (κ3) is 1.34. The molecule has 1 atom stereocenters. The summed E-state index contributed by atoms with van der Waals surface area (Å²) >= 11 is 0. The van der Waals surface area contributed by atoms with E-state index in [2.05, 4.69) is 11.9 Å². The SMILES string of the molecule is C=CCC1CNCC1(F)F. The topological polar surface area (TPSA) is 12.0 Å². The van der Waals surface area contributed by atoms with Crippen LogP contribution in [0.2, 0.25) is 0 Å². The number of hydrogen-bond donors (Lipinski definition) is 1. The monoisotopic (exact) mass is 147 g/mol.